The second-order valence-electron chi connectivity index (χ2n) is 5.14. The van der Waals surface area contributed by atoms with Crippen molar-refractivity contribution >= 4 is 23.3 Å². The molecule has 1 amide bonds. The summed E-state index contributed by atoms with van der Waals surface area (Å²) < 4.78 is 1.53. The van der Waals surface area contributed by atoms with Crippen LogP contribution in [0.2, 0.25) is 5.02 Å². The van der Waals surface area contributed by atoms with Crippen molar-refractivity contribution in [2.75, 3.05) is 5.32 Å². The van der Waals surface area contributed by atoms with E-state index in [0.717, 1.165) is 11.3 Å². The second-order valence-corrected chi connectivity index (χ2v) is 5.54. The molecule has 0 aliphatic rings. The van der Waals surface area contributed by atoms with Crippen LogP contribution in [-0.2, 0) is 7.05 Å². The van der Waals surface area contributed by atoms with Gasteiger partial charge in [-0.1, -0.05) is 35.9 Å². The summed E-state index contributed by atoms with van der Waals surface area (Å²) in [6.45, 7) is 1.87. The van der Waals surface area contributed by atoms with Gasteiger partial charge in [0.15, 0.2) is 0 Å². The number of carbonyl (C=O) groups excluding carboxylic acids is 1. The van der Waals surface area contributed by atoms with Crippen LogP contribution < -0.4 is 5.32 Å². The maximum absolute atomic E-state index is 12.4. The van der Waals surface area contributed by atoms with Crippen molar-refractivity contribution < 1.29 is 4.79 Å². The fourth-order valence-electron chi connectivity index (χ4n) is 2.27. The van der Waals surface area contributed by atoms with Gasteiger partial charge in [0, 0.05) is 18.3 Å². The van der Waals surface area contributed by atoms with E-state index in [1.54, 1.807) is 25.2 Å². The molecule has 6 heteroatoms. The Morgan fingerprint density at radius 3 is 2.70 bits per heavy atom. The summed E-state index contributed by atoms with van der Waals surface area (Å²) >= 11 is 6.19. The highest BCUT2D eigenvalue weighted by Crippen LogP contribution is 2.27. The van der Waals surface area contributed by atoms with Gasteiger partial charge in [-0.25, -0.2) is 4.98 Å². The molecular weight excluding hydrogens is 312 g/mol. The van der Waals surface area contributed by atoms with E-state index in [2.05, 4.69) is 15.4 Å². The van der Waals surface area contributed by atoms with Crippen molar-refractivity contribution in [1.29, 1.82) is 0 Å². The van der Waals surface area contributed by atoms with Gasteiger partial charge in [0.05, 0.1) is 10.7 Å². The monoisotopic (exact) mass is 326 g/mol. The van der Waals surface area contributed by atoms with Gasteiger partial charge < -0.3 is 5.32 Å². The summed E-state index contributed by atoms with van der Waals surface area (Å²) in [7, 11) is 1.72. The molecule has 0 unspecified atom stereocenters. The molecule has 0 spiro atoms. The van der Waals surface area contributed by atoms with Crippen LogP contribution >= 0.6 is 11.6 Å². The third-order valence-corrected chi connectivity index (χ3v) is 3.72. The lowest BCUT2D eigenvalue weighted by molar-refractivity contribution is 0.101. The third kappa shape index (κ3) is 3.24. The highest BCUT2D eigenvalue weighted by atomic mass is 35.5. The maximum Gasteiger partial charge on any atom is 0.275 e. The number of pyridine rings is 1. The number of carbonyl (C=O) groups is 1. The number of aryl methyl sites for hydroxylation is 2. The first-order valence-electron chi connectivity index (χ1n) is 7.08. The Labute approximate surface area is 138 Å². The number of hydrogen-bond donors (Lipinski definition) is 1. The Morgan fingerprint density at radius 1 is 1.17 bits per heavy atom. The van der Waals surface area contributed by atoms with Gasteiger partial charge in [0.2, 0.25) is 0 Å². The van der Waals surface area contributed by atoms with Crippen LogP contribution in [0, 0.1) is 6.92 Å². The lowest BCUT2D eigenvalue weighted by Crippen LogP contribution is -2.16. The van der Waals surface area contributed by atoms with Crippen molar-refractivity contribution in [3.63, 3.8) is 0 Å². The number of hydrogen-bond acceptors (Lipinski definition) is 3. The average molecular weight is 327 g/mol. The molecule has 0 bridgehead atoms. The molecule has 1 N–H and O–H groups in total. The first-order chi connectivity index (χ1) is 11.0. The van der Waals surface area contributed by atoms with Crippen molar-refractivity contribution in [3.8, 4) is 11.3 Å². The Morgan fingerprint density at radius 2 is 1.96 bits per heavy atom. The second kappa shape index (κ2) is 6.22. The molecule has 2 aromatic heterocycles. The average Bonchev–Trinajstić information content (AvgIpc) is 2.89. The number of anilines is 1. The highest BCUT2D eigenvalue weighted by molar-refractivity contribution is 6.33. The topological polar surface area (TPSA) is 59.8 Å². The quantitative estimate of drug-likeness (QED) is 0.798. The molecular formula is C17H15ClN4O. The zero-order valence-corrected chi connectivity index (χ0v) is 13.5. The summed E-state index contributed by atoms with van der Waals surface area (Å²) in [6, 6.07) is 14.6. The third-order valence-electron chi connectivity index (χ3n) is 3.39. The van der Waals surface area contributed by atoms with Crippen molar-refractivity contribution in [2.24, 2.45) is 7.05 Å². The minimum atomic E-state index is -0.267. The molecule has 0 saturated carbocycles. The van der Waals surface area contributed by atoms with Crippen LogP contribution in [0.4, 0.5) is 5.82 Å². The van der Waals surface area contributed by atoms with Gasteiger partial charge in [-0.3, -0.25) is 9.48 Å². The number of halogens is 1. The molecule has 0 aliphatic heterocycles. The van der Waals surface area contributed by atoms with E-state index in [-0.39, 0.29) is 5.91 Å². The maximum atomic E-state index is 12.4. The van der Waals surface area contributed by atoms with Gasteiger partial charge >= 0.3 is 0 Å². The van der Waals surface area contributed by atoms with Crippen LogP contribution in [-0.4, -0.2) is 20.7 Å². The van der Waals surface area contributed by atoms with Crippen LogP contribution in [0.3, 0.4) is 0 Å². The lowest BCUT2D eigenvalue weighted by Gasteiger charge is -2.04. The summed E-state index contributed by atoms with van der Waals surface area (Å²) in [5.74, 6) is 0.242. The predicted octanol–water partition coefficient (Wildman–Crippen LogP) is 3.70. The molecule has 2 heterocycles. The van der Waals surface area contributed by atoms with Gasteiger partial charge in [-0.15, -0.1) is 0 Å². The Bertz CT molecular complexity index is 873. The summed E-state index contributed by atoms with van der Waals surface area (Å²) in [5, 5.41) is 7.74. The summed E-state index contributed by atoms with van der Waals surface area (Å²) in [5.41, 5.74) is 2.71. The van der Waals surface area contributed by atoms with E-state index >= 15 is 0 Å². The number of benzene rings is 1. The van der Waals surface area contributed by atoms with Crippen molar-refractivity contribution in [1.82, 2.24) is 14.8 Å². The van der Waals surface area contributed by atoms with Crippen LogP contribution in [0.25, 0.3) is 11.3 Å². The Balaban J connectivity index is 1.89. The number of amides is 1. The van der Waals surface area contributed by atoms with Gasteiger partial charge in [-0.2, -0.15) is 5.10 Å². The van der Waals surface area contributed by atoms with E-state index in [9.17, 15) is 4.79 Å². The van der Waals surface area contributed by atoms with Crippen molar-refractivity contribution in [2.45, 2.75) is 6.92 Å². The number of nitrogens with one attached hydrogen (secondary N) is 1. The highest BCUT2D eigenvalue weighted by Gasteiger charge is 2.16. The Kier molecular flexibility index (Phi) is 4.12. The molecule has 3 rings (SSSR count). The molecule has 3 aromatic rings. The molecule has 0 radical (unpaired) electrons. The van der Waals surface area contributed by atoms with Gasteiger partial charge in [-0.05, 0) is 31.2 Å². The zero-order valence-electron chi connectivity index (χ0n) is 12.7. The number of rotatable bonds is 3. The van der Waals surface area contributed by atoms with E-state index in [4.69, 9.17) is 11.6 Å². The van der Waals surface area contributed by atoms with E-state index in [0.29, 0.717) is 22.2 Å². The normalized spacial score (nSPS) is 10.6. The lowest BCUT2D eigenvalue weighted by atomic mass is 10.1. The minimum Gasteiger partial charge on any atom is -0.305 e. The predicted molar refractivity (Wildman–Crippen MR) is 90.6 cm³/mol. The molecule has 116 valence electrons. The molecule has 5 nitrogen and oxygen atoms in total. The number of nitrogens with zero attached hydrogens (tertiary/aromatic N) is 3. The largest absolute Gasteiger partial charge is 0.305 e. The van der Waals surface area contributed by atoms with Crippen molar-refractivity contribution in [3.05, 3.63) is 64.9 Å². The fourth-order valence-corrected chi connectivity index (χ4v) is 2.51. The molecule has 0 atom stereocenters. The number of aromatic nitrogens is 3. The first kappa shape index (κ1) is 15.2. The van der Waals surface area contributed by atoms with Gasteiger partial charge in [0.1, 0.15) is 11.5 Å². The Hall–Kier alpha value is -2.66. The van der Waals surface area contributed by atoms with Gasteiger partial charge in [0.25, 0.3) is 5.91 Å². The smallest absolute Gasteiger partial charge is 0.275 e. The minimum absolute atomic E-state index is 0.267. The van der Waals surface area contributed by atoms with E-state index in [1.165, 1.54) is 4.68 Å². The SMILES string of the molecule is Cc1cccc(NC(=O)c2cc(-c3ccccc3Cl)nn2C)n1. The molecule has 23 heavy (non-hydrogen) atoms. The standard InChI is InChI=1S/C17H15ClN4O/c1-11-6-5-9-16(19-11)20-17(23)15-10-14(21-22(15)2)12-7-3-4-8-13(12)18/h3-10H,1-2H3,(H,19,20,23). The van der Waals surface area contributed by atoms with E-state index in [1.807, 2.05) is 37.3 Å². The van der Waals surface area contributed by atoms with E-state index < -0.39 is 0 Å². The molecule has 0 saturated heterocycles. The molecule has 0 fully saturated rings. The first-order valence-corrected chi connectivity index (χ1v) is 7.46. The fraction of sp³-hybridized carbons (Fsp3) is 0.118. The molecule has 1 aromatic carbocycles. The van der Waals surface area contributed by atoms with Crippen LogP contribution in [0.1, 0.15) is 16.2 Å². The summed E-state index contributed by atoms with van der Waals surface area (Å²) in [6.07, 6.45) is 0. The zero-order chi connectivity index (χ0) is 16.4. The molecule has 0 aliphatic carbocycles. The van der Waals surface area contributed by atoms with Crippen LogP contribution in [0.5, 0.6) is 0 Å². The summed E-state index contributed by atoms with van der Waals surface area (Å²) in [4.78, 5) is 16.7. The van der Waals surface area contributed by atoms with Crippen LogP contribution in [0.15, 0.2) is 48.5 Å².